The molecule has 1 heterocycles. The minimum Gasteiger partial charge on any atom is -0.369 e. The van der Waals surface area contributed by atoms with Crippen LogP contribution in [0.25, 0.3) is 16.7 Å². The van der Waals surface area contributed by atoms with Gasteiger partial charge in [0.05, 0.1) is 16.7 Å². The number of hydrogen-bond donors (Lipinski definition) is 1. The van der Waals surface area contributed by atoms with Crippen LogP contribution in [0.15, 0.2) is 36.4 Å². The lowest BCUT2D eigenvalue weighted by molar-refractivity contribution is 0.505. The van der Waals surface area contributed by atoms with Crippen molar-refractivity contribution in [2.75, 3.05) is 5.73 Å². The zero-order chi connectivity index (χ0) is 13.6. The average molecular weight is 263 g/mol. The molecule has 0 fully saturated rings. The smallest absolute Gasteiger partial charge is 0.206 e. The van der Waals surface area contributed by atoms with Crippen molar-refractivity contribution in [1.29, 1.82) is 0 Å². The zero-order valence-electron chi connectivity index (χ0n) is 9.57. The Hall–Kier alpha value is -2.50. The van der Waals surface area contributed by atoms with Gasteiger partial charge in [-0.3, -0.25) is 4.57 Å². The normalized spacial score (nSPS) is 11.1. The van der Waals surface area contributed by atoms with Crippen LogP contribution < -0.4 is 5.73 Å². The second kappa shape index (κ2) is 4.01. The lowest BCUT2D eigenvalue weighted by Crippen LogP contribution is -2.04. The van der Waals surface area contributed by atoms with Gasteiger partial charge in [0.15, 0.2) is 11.6 Å². The molecule has 2 aromatic carbocycles. The molecule has 0 saturated carbocycles. The van der Waals surface area contributed by atoms with Crippen LogP contribution in [0.1, 0.15) is 0 Å². The molecule has 19 heavy (non-hydrogen) atoms. The van der Waals surface area contributed by atoms with Gasteiger partial charge in [-0.2, -0.15) is 0 Å². The van der Waals surface area contributed by atoms with Crippen molar-refractivity contribution in [2.24, 2.45) is 0 Å². The number of rotatable bonds is 1. The molecular weight excluding hydrogens is 255 g/mol. The maximum absolute atomic E-state index is 13.8. The Labute approximate surface area is 106 Å². The van der Waals surface area contributed by atoms with Gasteiger partial charge in [-0.05, 0) is 24.3 Å². The molecule has 3 rings (SSSR count). The number of hydrogen-bond acceptors (Lipinski definition) is 2. The predicted octanol–water partition coefficient (Wildman–Crippen LogP) is 3.03. The van der Waals surface area contributed by atoms with Gasteiger partial charge in [0.25, 0.3) is 0 Å². The predicted molar refractivity (Wildman–Crippen MR) is 65.4 cm³/mol. The number of nitrogens with two attached hydrogens (primary N) is 1. The molecule has 96 valence electrons. The van der Waals surface area contributed by atoms with Crippen molar-refractivity contribution < 1.29 is 13.2 Å². The molecule has 0 radical (unpaired) electrons. The summed E-state index contributed by atoms with van der Waals surface area (Å²) in [4.78, 5) is 3.93. The number of benzene rings is 2. The molecule has 1 aromatic heterocycles. The first-order valence-corrected chi connectivity index (χ1v) is 5.46. The monoisotopic (exact) mass is 263 g/mol. The fourth-order valence-electron chi connectivity index (χ4n) is 1.99. The standard InChI is InChI=1S/C13H8F3N3/c14-7-4-5-10-9(6-7)18-13(17)19(10)11-3-1-2-8(15)12(11)16/h1-6H,(H2,17,18). The van der Waals surface area contributed by atoms with Gasteiger partial charge in [-0.1, -0.05) is 6.07 Å². The third-order valence-electron chi connectivity index (χ3n) is 2.81. The Bertz CT molecular complexity index is 780. The Morgan fingerprint density at radius 1 is 1.05 bits per heavy atom. The maximum Gasteiger partial charge on any atom is 0.206 e. The van der Waals surface area contributed by atoms with Gasteiger partial charge in [-0.25, -0.2) is 18.2 Å². The molecule has 0 aliphatic rings. The van der Waals surface area contributed by atoms with Crippen molar-refractivity contribution in [1.82, 2.24) is 9.55 Å². The Balaban J connectivity index is 2.36. The van der Waals surface area contributed by atoms with E-state index < -0.39 is 17.5 Å². The number of aromatic nitrogens is 2. The van der Waals surface area contributed by atoms with Crippen LogP contribution in [0.2, 0.25) is 0 Å². The first-order valence-electron chi connectivity index (χ1n) is 5.46. The van der Waals surface area contributed by atoms with Crippen LogP contribution in [0.4, 0.5) is 19.1 Å². The summed E-state index contributed by atoms with van der Waals surface area (Å²) in [7, 11) is 0. The molecule has 3 aromatic rings. The second-order valence-electron chi connectivity index (χ2n) is 4.01. The summed E-state index contributed by atoms with van der Waals surface area (Å²) >= 11 is 0. The number of nitrogens with zero attached hydrogens (tertiary/aromatic N) is 2. The molecule has 0 unspecified atom stereocenters. The number of fused-ring (bicyclic) bond motifs is 1. The van der Waals surface area contributed by atoms with E-state index in [0.29, 0.717) is 5.52 Å². The van der Waals surface area contributed by atoms with Crippen LogP contribution in [0.5, 0.6) is 0 Å². The van der Waals surface area contributed by atoms with Crippen LogP contribution in [0, 0.1) is 17.5 Å². The largest absolute Gasteiger partial charge is 0.369 e. The summed E-state index contributed by atoms with van der Waals surface area (Å²) in [6, 6.07) is 7.55. The van der Waals surface area contributed by atoms with Gasteiger partial charge in [-0.15, -0.1) is 0 Å². The van der Waals surface area contributed by atoms with E-state index in [0.717, 1.165) is 6.07 Å². The van der Waals surface area contributed by atoms with Crippen molar-refractivity contribution in [3.63, 3.8) is 0 Å². The summed E-state index contributed by atoms with van der Waals surface area (Å²) < 4.78 is 41.4. The van der Waals surface area contributed by atoms with Crippen LogP contribution in [0.3, 0.4) is 0 Å². The second-order valence-corrected chi connectivity index (χ2v) is 4.01. The van der Waals surface area contributed by atoms with Gasteiger partial charge in [0, 0.05) is 6.07 Å². The SMILES string of the molecule is Nc1nc2cc(F)ccc2n1-c1cccc(F)c1F. The fourth-order valence-corrected chi connectivity index (χ4v) is 1.99. The van der Waals surface area contributed by atoms with Crippen LogP contribution >= 0.6 is 0 Å². The third kappa shape index (κ3) is 1.72. The van der Waals surface area contributed by atoms with E-state index in [2.05, 4.69) is 4.98 Å². The average Bonchev–Trinajstić information content (AvgIpc) is 2.68. The summed E-state index contributed by atoms with van der Waals surface area (Å²) in [5, 5.41) is 0. The topological polar surface area (TPSA) is 43.8 Å². The molecule has 6 heteroatoms. The molecular formula is C13H8F3N3. The summed E-state index contributed by atoms with van der Waals surface area (Å²) in [6.07, 6.45) is 0. The molecule has 2 N–H and O–H groups in total. The van der Waals surface area contributed by atoms with Crippen molar-refractivity contribution in [2.45, 2.75) is 0 Å². The van der Waals surface area contributed by atoms with Crippen molar-refractivity contribution in [3.8, 4) is 5.69 Å². The highest BCUT2D eigenvalue weighted by Crippen LogP contribution is 2.26. The minimum atomic E-state index is -1.03. The highest BCUT2D eigenvalue weighted by molar-refractivity contribution is 5.80. The van der Waals surface area contributed by atoms with E-state index in [9.17, 15) is 13.2 Å². The number of imidazole rings is 1. The number of nitrogen functional groups attached to an aromatic ring is 1. The van der Waals surface area contributed by atoms with E-state index >= 15 is 0 Å². The third-order valence-corrected chi connectivity index (χ3v) is 2.81. The highest BCUT2D eigenvalue weighted by Gasteiger charge is 2.16. The molecule has 0 amide bonds. The Morgan fingerprint density at radius 3 is 2.63 bits per heavy atom. The molecule has 3 nitrogen and oxygen atoms in total. The molecule has 0 aliphatic carbocycles. The van der Waals surface area contributed by atoms with Crippen molar-refractivity contribution in [3.05, 3.63) is 53.8 Å². The quantitative estimate of drug-likeness (QED) is 0.733. The van der Waals surface area contributed by atoms with E-state index in [1.165, 1.54) is 34.9 Å². The number of anilines is 1. The molecule has 0 spiro atoms. The minimum absolute atomic E-state index is 0.0369. The fraction of sp³-hybridized carbons (Fsp3) is 0. The Kier molecular flexibility index (Phi) is 2.45. The first kappa shape index (κ1) is 11.6. The van der Waals surface area contributed by atoms with Gasteiger partial charge in [0.1, 0.15) is 5.82 Å². The van der Waals surface area contributed by atoms with E-state index in [1.54, 1.807) is 0 Å². The lowest BCUT2D eigenvalue weighted by atomic mass is 10.2. The molecule has 0 atom stereocenters. The molecule has 0 saturated heterocycles. The number of halogens is 3. The molecule has 0 aliphatic heterocycles. The Morgan fingerprint density at radius 2 is 1.84 bits per heavy atom. The highest BCUT2D eigenvalue weighted by atomic mass is 19.2. The maximum atomic E-state index is 13.8. The van der Waals surface area contributed by atoms with E-state index in [-0.39, 0.29) is 17.2 Å². The van der Waals surface area contributed by atoms with Gasteiger partial charge in [0.2, 0.25) is 5.95 Å². The van der Waals surface area contributed by atoms with Crippen molar-refractivity contribution >= 4 is 17.0 Å². The van der Waals surface area contributed by atoms with E-state index in [1.807, 2.05) is 0 Å². The summed E-state index contributed by atoms with van der Waals surface area (Å²) in [6.45, 7) is 0. The van der Waals surface area contributed by atoms with E-state index in [4.69, 9.17) is 5.73 Å². The lowest BCUT2D eigenvalue weighted by Gasteiger charge is -2.08. The van der Waals surface area contributed by atoms with Gasteiger partial charge < -0.3 is 5.73 Å². The summed E-state index contributed by atoms with van der Waals surface area (Å²) in [5.41, 5.74) is 6.32. The molecule has 0 bridgehead atoms. The summed E-state index contributed by atoms with van der Waals surface area (Å²) in [5.74, 6) is -2.53. The first-order chi connectivity index (χ1) is 9.08. The van der Waals surface area contributed by atoms with Crippen LogP contribution in [-0.2, 0) is 0 Å². The van der Waals surface area contributed by atoms with Gasteiger partial charge >= 0.3 is 0 Å². The zero-order valence-corrected chi connectivity index (χ0v) is 9.57. The van der Waals surface area contributed by atoms with Crippen LogP contribution in [-0.4, -0.2) is 9.55 Å².